The van der Waals surface area contributed by atoms with Crippen LogP contribution in [0.15, 0.2) is 22.7 Å². The number of halogens is 2. The molecule has 0 bridgehead atoms. The molecule has 3 rings (SSSR count). The van der Waals surface area contributed by atoms with Gasteiger partial charge in [-0.15, -0.1) is 11.6 Å². The van der Waals surface area contributed by atoms with Gasteiger partial charge >= 0.3 is 0 Å². The first-order valence-electron chi connectivity index (χ1n) is 7.67. The van der Waals surface area contributed by atoms with Crippen LogP contribution in [0.25, 0.3) is 11.0 Å². The Hall–Kier alpha value is -0.580. The van der Waals surface area contributed by atoms with Crippen LogP contribution in [-0.2, 0) is 6.54 Å². The number of fused-ring (bicyclic) bond motifs is 1. The van der Waals surface area contributed by atoms with E-state index in [1.165, 1.54) is 38.0 Å². The smallest absolute Gasteiger partial charge is 0.127 e. The predicted octanol–water partition coefficient (Wildman–Crippen LogP) is 4.58. The van der Waals surface area contributed by atoms with Gasteiger partial charge in [-0.2, -0.15) is 0 Å². The van der Waals surface area contributed by atoms with Crippen LogP contribution in [0.5, 0.6) is 0 Å². The third-order valence-corrected chi connectivity index (χ3v) is 4.84. The van der Waals surface area contributed by atoms with Gasteiger partial charge in [-0.3, -0.25) is 0 Å². The molecule has 1 aliphatic rings. The van der Waals surface area contributed by atoms with Gasteiger partial charge in [0.05, 0.1) is 16.4 Å². The summed E-state index contributed by atoms with van der Waals surface area (Å²) in [7, 11) is 0. The Morgan fingerprint density at radius 3 is 2.76 bits per heavy atom. The first kappa shape index (κ1) is 15.3. The molecule has 2 aromatic rings. The molecule has 1 aromatic heterocycles. The molecule has 21 heavy (non-hydrogen) atoms. The summed E-state index contributed by atoms with van der Waals surface area (Å²) in [6.07, 6.45) is 3.85. The fraction of sp³-hybridized carbons (Fsp3) is 0.562. The van der Waals surface area contributed by atoms with Crippen LogP contribution in [0.4, 0.5) is 0 Å². The minimum atomic E-state index is -0.0667. The largest absolute Gasteiger partial charge is 0.327 e. The summed E-state index contributed by atoms with van der Waals surface area (Å²) < 4.78 is 3.37. The number of aryl methyl sites for hydroxylation is 1. The van der Waals surface area contributed by atoms with E-state index in [0.717, 1.165) is 28.8 Å². The van der Waals surface area contributed by atoms with Gasteiger partial charge in [0.25, 0.3) is 0 Å². The Labute approximate surface area is 139 Å². The van der Waals surface area contributed by atoms with Crippen LogP contribution in [0.1, 0.15) is 37.4 Å². The Morgan fingerprint density at radius 1 is 1.29 bits per heavy atom. The van der Waals surface area contributed by atoms with Crippen molar-refractivity contribution in [2.45, 2.75) is 38.1 Å². The zero-order valence-electron chi connectivity index (χ0n) is 12.4. The van der Waals surface area contributed by atoms with E-state index in [1.54, 1.807) is 0 Å². The molecule has 1 aliphatic heterocycles. The van der Waals surface area contributed by atoms with Crippen molar-refractivity contribution < 1.29 is 0 Å². The quantitative estimate of drug-likeness (QED) is 0.718. The van der Waals surface area contributed by atoms with Crippen molar-refractivity contribution in [3.8, 4) is 0 Å². The van der Waals surface area contributed by atoms with E-state index in [-0.39, 0.29) is 5.38 Å². The minimum absolute atomic E-state index is 0.0667. The summed E-state index contributed by atoms with van der Waals surface area (Å²) in [6, 6.07) is 6.23. The molecule has 1 unspecified atom stereocenters. The fourth-order valence-corrected chi connectivity index (χ4v) is 3.63. The van der Waals surface area contributed by atoms with E-state index in [1.807, 2.05) is 13.0 Å². The van der Waals surface area contributed by atoms with Gasteiger partial charge in [-0.05, 0) is 64.0 Å². The lowest BCUT2D eigenvalue weighted by molar-refractivity contribution is 0.325. The van der Waals surface area contributed by atoms with Crippen LogP contribution >= 0.6 is 27.5 Å². The summed E-state index contributed by atoms with van der Waals surface area (Å²) >= 11 is 9.87. The second kappa shape index (κ2) is 6.67. The van der Waals surface area contributed by atoms with Crippen molar-refractivity contribution in [2.75, 3.05) is 19.6 Å². The third kappa shape index (κ3) is 3.43. The highest BCUT2D eigenvalue weighted by Gasteiger charge is 2.16. The molecule has 0 amide bonds. The summed E-state index contributed by atoms with van der Waals surface area (Å²) in [6.45, 7) is 6.67. The Balaban J connectivity index is 1.80. The van der Waals surface area contributed by atoms with Gasteiger partial charge in [-0.25, -0.2) is 4.98 Å². The second-order valence-corrected chi connectivity index (χ2v) is 7.34. The van der Waals surface area contributed by atoms with Gasteiger partial charge in [0.1, 0.15) is 5.82 Å². The molecule has 0 aliphatic carbocycles. The molecule has 1 atom stereocenters. The van der Waals surface area contributed by atoms with Crippen molar-refractivity contribution in [3.63, 3.8) is 0 Å². The van der Waals surface area contributed by atoms with E-state index < -0.39 is 0 Å². The zero-order chi connectivity index (χ0) is 14.8. The van der Waals surface area contributed by atoms with Crippen LogP contribution in [0.3, 0.4) is 0 Å². The number of hydrogen-bond donors (Lipinski definition) is 0. The number of aromatic nitrogens is 2. The number of alkyl halides is 1. The van der Waals surface area contributed by atoms with Crippen LogP contribution < -0.4 is 0 Å². The highest BCUT2D eigenvalue weighted by atomic mass is 79.9. The highest BCUT2D eigenvalue weighted by Crippen LogP contribution is 2.27. The van der Waals surface area contributed by atoms with Gasteiger partial charge < -0.3 is 9.47 Å². The molecular formula is C16H21BrClN3. The Kier molecular flexibility index (Phi) is 4.87. The molecule has 114 valence electrons. The van der Waals surface area contributed by atoms with Crippen molar-refractivity contribution in [2.24, 2.45) is 0 Å². The van der Waals surface area contributed by atoms with Crippen molar-refractivity contribution in [3.05, 3.63) is 28.5 Å². The van der Waals surface area contributed by atoms with Gasteiger partial charge in [0, 0.05) is 11.0 Å². The number of likely N-dealkylation sites (tertiary alicyclic amines) is 1. The van der Waals surface area contributed by atoms with Crippen molar-refractivity contribution in [1.29, 1.82) is 0 Å². The van der Waals surface area contributed by atoms with E-state index >= 15 is 0 Å². The van der Waals surface area contributed by atoms with E-state index in [0.29, 0.717) is 0 Å². The summed E-state index contributed by atoms with van der Waals surface area (Å²) in [5.74, 6) is 0.978. The highest BCUT2D eigenvalue weighted by molar-refractivity contribution is 9.10. The number of imidazole rings is 1. The van der Waals surface area contributed by atoms with Crippen LogP contribution in [-0.4, -0.2) is 34.1 Å². The summed E-state index contributed by atoms with van der Waals surface area (Å²) in [4.78, 5) is 7.25. The summed E-state index contributed by atoms with van der Waals surface area (Å²) in [5.41, 5.74) is 2.20. The van der Waals surface area contributed by atoms with Crippen LogP contribution in [0, 0.1) is 0 Å². The van der Waals surface area contributed by atoms with Crippen molar-refractivity contribution >= 4 is 38.6 Å². The molecule has 3 nitrogen and oxygen atoms in total. The Bertz CT molecular complexity index is 617. The standard InChI is InChI=1S/C16H21BrClN3/c1-12(18)16-19-14-6-5-13(17)11-15(14)21(16)10-4-9-20-7-2-3-8-20/h5-6,11-12H,2-4,7-10H2,1H3. The molecule has 1 fully saturated rings. The number of rotatable bonds is 5. The first-order chi connectivity index (χ1) is 10.1. The van der Waals surface area contributed by atoms with E-state index in [4.69, 9.17) is 16.6 Å². The maximum atomic E-state index is 6.32. The van der Waals surface area contributed by atoms with Gasteiger partial charge in [-0.1, -0.05) is 15.9 Å². The lowest BCUT2D eigenvalue weighted by Crippen LogP contribution is -2.21. The molecule has 0 radical (unpaired) electrons. The molecule has 0 N–H and O–H groups in total. The molecule has 0 saturated carbocycles. The molecular weight excluding hydrogens is 350 g/mol. The average Bonchev–Trinajstić information content (AvgIpc) is 3.07. The minimum Gasteiger partial charge on any atom is -0.327 e. The summed E-state index contributed by atoms with van der Waals surface area (Å²) in [5, 5.41) is -0.0667. The zero-order valence-corrected chi connectivity index (χ0v) is 14.7. The van der Waals surface area contributed by atoms with Gasteiger partial charge in [0.15, 0.2) is 0 Å². The Morgan fingerprint density at radius 2 is 2.05 bits per heavy atom. The maximum Gasteiger partial charge on any atom is 0.127 e. The topological polar surface area (TPSA) is 21.1 Å². The molecule has 0 spiro atoms. The molecule has 1 saturated heterocycles. The number of nitrogens with zero attached hydrogens (tertiary/aromatic N) is 3. The monoisotopic (exact) mass is 369 g/mol. The molecule has 5 heteroatoms. The average molecular weight is 371 g/mol. The van der Waals surface area contributed by atoms with E-state index in [9.17, 15) is 0 Å². The molecule has 2 heterocycles. The van der Waals surface area contributed by atoms with Crippen molar-refractivity contribution in [1.82, 2.24) is 14.5 Å². The third-order valence-electron chi connectivity index (χ3n) is 4.15. The number of benzene rings is 1. The predicted molar refractivity (Wildman–Crippen MR) is 92.0 cm³/mol. The normalized spacial score (nSPS) is 17.7. The van der Waals surface area contributed by atoms with E-state index in [2.05, 4.69) is 37.5 Å². The number of hydrogen-bond acceptors (Lipinski definition) is 2. The fourth-order valence-electron chi connectivity index (χ4n) is 3.11. The molecule has 1 aromatic carbocycles. The van der Waals surface area contributed by atoms with Crippen LogP contribution in [0.2, 0.25) is 0 Å². The maximum absolute atomic E-state index is 6.32. The van der Waals surface area contributed by atoms with Gasteiger partial charge in [0.2, 0.25) is 0 Å². The second-order valence-electron chi connectivity index (χ2n) is 5.77. The lowest BCUT2D eigenvalue weighted by Gasteiger charge is -2.16. The SMILES string of the molecule is CC(Cl)c1nc2ccc(Br)cc2n1CCCN1CCCC1. The first-order valence-corrected chi connectivity index (χ1v) is 8.90. The lowest BCUT2D eigenvalue weighted by atomic mass is 10.3.